The van der Waals surface area contributed by atoms with Gasteiger partial charge in [0.25, 0.3) is 0 Å². The van der Waals surface area contributed by atoms with E-state index in [1.165, 1.54) is 12.1 Å². The van der Waals surface area contributed by atoms with Gasteiger partial charge in [-0.3, -0.25) is 14.9 Å². The molecule has 86 valence electrons. The Balaban J connectivity index is 2.83. The van der Waals surface area contributed by atoms with Crippen LogP contribution in [0.1, 0.15) is 6.42 Å². The van der Waals surface area contributed by atoms with Crippen LogP contribution in [-0.4, -0.2) is 22.5 Å². The maximum atomic E-state index is 13.1. The Labute approximate surface area is 89.9 Å². The average Bonchev–Trinajstić information content (AvgIpc) is 2.16. The first-order valence-corrected chi connectivity index (χ1v) is 4.41. The summed E-state index contributed by atoms with van der Waals surface area (Å²) in [5.41, 5.74) is -0.695. The number of rotatable bonds is 5. The molecule has 0 aliphatic carbocycles. The molecule has 0 aliphatic heterocycles. The minimum absolute atomic E-state index is 0.000370. The number of nitrogens with one attached hydrogen (secondary N) is 1. The van der Waals surface area contributed by atoms with E-state index in [1.807, 2.05) is 0 Å². The fraction of sp³-hybridized carbons (Fsp3) is 0.222. The van der Waals surface area contributed by atoms with Crippen molar-refractivity contribution in [2.75, 3.05) is 11.9 Å². The molecular formula is C9H9FN2O4. The van der Waals surface area contributed by atoms with Crippen LogP contribution < -0.4 is 5.32 Å². The maximum Gasteiger partial charge on any atom is 0.327 e. The second-order valence-corrected chi connectivity index (χ2v) is 2.96. The number of benzene rings is 1. The standard InChI is InChI=1S/C9H9FN2O4/c10-6-2-1-3-7(9(6)12(15)16)11-5-4-8(13)14/h1-3,11H,4-5H2,(H,13,14). The zero-order valence-electron chi connectivity index (χ0n) is 8.14. The van der Waals surface area contributed by atoms with E-state index < -0.39 is 22.4 Å². The molecule has 0 bridgehead atoms. The fourth-order valence-electron chi connectivity index (χ4n) is 1.15. The van der Waals surface area contributed by atoms with Crippen LogP contribution in [0.25, 0.3) is 0 Å². The number of nitrogens with zero attached hydrogens (tertiary/aromatic N) is 1. The van der Waals surface area contributed by atoms with Crippen LogP contribution in [0.5, 0.6) is 0 Å². The van der Waals surface area contributed by atoms with Crippen molar-refractivity contribution in [3.05, 3.63) is 34.1 Å². The van der Waals surface area contributed by atoms with Gasteiger partial charge in [0.2, 0.25) is 5.82 Å². The van der Waals surface area contributed by atoms with Crippen LogP contribution in [-0.2, 0) is 4.79 Å². The normalized spacial score (nSPS) is 9.81. The molecule has 0 spiro atoms. The molecule has 0 fully saturated rings. The molecule has 1 rings (SSSR count). The quantitative estimate of drug-likeness (QED) is 0.590. The molecule has 0 saturated carbocycles. The second kappa shape index (κ2) is 5.06. The van der Waals surface area contributed by atoms with E-state index in [0.717, 1.165) is 6.07 Å². The number of nitro benzene ring substituents is 1. The van der Waals surface area contributed by atoms with Gasteiger partial charge in [0.15, 0.2) is 0 Å². The third kappa shape index (κ3) is 2.91. The van der Waals surface area contributed by atoms with E-state index in [0.29, 0.717) is 0 Å². The Hall–Kier alpha value is -2.18. The third-order valence-corrected chi connectivity index (χ3v) is 1.82. The van der Waals surface area contributed by atoms with Crippen molar-refractivity contribution >= 4 is 17.3 Å². The monoisotopic (exact) mass is 228 g/mol. The summed E-state index contributed by atoms with van der Waals surface area (Å²) in [5, 5.41) is 21.4. The molecule has 0 unspecified atom stereocenters. The van der Waals surface area contributed by atoms with Crippen molar-refractivity contribution < 1.29 is 19.2 Å². The van der Waals surface area contributed by atoms with Gasteiger partial charge in [-0.2, -0.15) is 4.39 Å². The number of hydrogen-bond donors (Lipinski definition) is 2. The Kier molecular flexibility index (Phi) is 3.76. The fourth-order valence-corrected chi connectivity index (χ4v) is 1.15. The molecule has 0 amide bonds. The van der Waals surface area contributed by atoms with Crippen molar-refractivity contribution in [2.45, 2.75) is 6.42 Å². The smallest absolute Gasteiger partial charge is 0.327 e. The van der Waals surface area contributed by atoms with Crippen molar-refractivity contribution in [3.8, 4) is 0 Å². The number of anilines is 1. The van der Waals surface area contributed by atoms with Crippen molar-refractivity contribution in [2.24, 2.45) is 0 Å². The number of aliphatic carboxylic acids is 1. The average molecular weight is 228 g/mol. The molecule has 1 aromatic rings. The van der Waals surface area contributed by atoms with Gasteiger partial charge >= 0.3 is 11.7 Å². The summed E-state index contributed by atoms with van der Waals surface area (Å²) in [6.45, 7) is -0.000370. The summed E-state index contributed by atoms with van der Waals surface area (Å²) in [5.74, 6) is -1.99. The van der Waals surface area contributed by atoms with Crippen LogP contribution in [0.15, 0.2) is 18.2 Å². The van der Waals surface area contributed by atoms with E-state index in [9.17, 15) is 19.3 Å². The van der Waals surface area contributed by atoms with Gasteiger partial charge in [-0.25, -0.2) is 0 Å². The molecular weight excluding hydrogens is 219 g/mol. The number of carboxylic acid groups (broad SMARTS) is 1. The summed E-state index contributed by atoms with van der Waals surface area (Å²) < 4.78 is 13.1. The molecule has 0 aromatic heterocycles. The summed E-state index contributed by atoms with van der Waals surface area (Å²) >= 11 is 0. The van der Waals surface area contributed by atoms with Crippen LogP contribution in [0.4, 0.5) is 15.8 Å². The number of hydrogen-bond acceptors (Lipinski definition) is 4. The summed E-state index contributed by atoms with van der Waals surface area (Å²) in [6, 6.07) is 3.61. The lowest BCUT2D eigenvalue weighted by atomic mass is 10.2. The Morgan fingerprint density at radius 2 is 2.25 bits per heavy atom. The number of halogens is 1. The highest BCUT2D eigenvalue weighted by molar-refractivity contribution is 5.68. The van der Waals surface area contributed by atoms with Crippen LogP contribution in [0.2, 0.25) is 0 Å². The van der Waals surface area contributed by atoms with Gasteiger partial charge in [-0.05, 0) is 12.1 Å². The first-order chi connectivity index (χ1) is 7.52. The molecule has 1 aromatic carbocycles. The van der Waals surface area contributed by atoms with Crippen molar-refractivity contribution in [1.29, 1.82) is 0 Å². The van der Waals surface area contributed by atoms with Gasteiger partial charge in [-0.15, -0.1) is 0 Å². The summed E-state index contributed by atoms with van der Waals surface area (Å²) in [6.07, 6.45) is -0.201. The highest BCUT2D eigenvalue weighted by atomic mass is 19.1. The molecule has 16 heavy (non-hydrogen) atoms. The number of para-hydroxylation sites is 1. The summed E-state index contributed by atoms with van der Waals surface area (Å²) in [7, 11) is 0. The summed E-state index contributed by atoms with van der Waals surface area (Å²) in [4.78, 5) is 19.9. The highest BCUT2D eigenvalue weighted by Crippen LogP contribution is 2.26. The zero-order valence-corrected chi connectivity index (χ0v) is 8.14. The van der Waals surface area contributed by atoms with Gasteiger partial charge < -0.3 is 10.4 Å². The van der Waals surface area contributed by atoms with E-state index in [2.05, 4.69) is 5.32 Å². The van der Waals surface area contributed by atoms with Crippen molar-refractivity contribution in [3.63, 3.8) is 0 Å². The van der Waals surface area contributed by atoms with Crippen molar-refractivity contribution in [1.82, 2.24) is 0 Å². The molecule has 0 aliphatic rings. The lowest BCUT2D eigenvalue weighted by Gasteiger charge is -2.05. The molecule has 6 nitrogen and oxygen atoms in total. The molecule has 0 saturated heterocycles. The number of carbonyl (C=O) groups is 1. The topological polar surface area (TPSA) is 92.5 Å². The minimum Gasteiger partial charge on any atom is -0.481 e. The molecule has 0 atom stereocenters. The first kappa shape index (κ1) is 11.9. The largest absolute Gasteiger partial charge is 0.481 e. The Morgan fingerprint density at radius 3 is 2.81 bits per heavy atom. The maximum absolute atomic E-state index is 13.1. The van der Waals surface area contributed by atoms with Gasteiger partial charge in [0.1, 0.15) is 5.69 Å². The van der Waals surface area contributed by atoms with Gasteiger partial charge in [0.05, 0.1) is 11.3 Å². The van der Waals surface area contributed by atoms with Crippen LogP contribution >= 0.6 is 0 Å². The van der Waals surface area contributed by atoms with Crippen LogP contribution in [0, 0.1) is 15.9 Å². The van der Waals surface area contributed by atoms with E-state index in [1.54, 1.807) is 0 Å². The first-order valence-electron chi connectivity index (χ1n) is 4.41. The Bertz CT molecular complexity index is 422. The molecule has 0 radical (unpaired) electrons. The molecule has 0 heterocycles. The zero-order chi connectivity index (χ0) is 12.1. The van der Waals surface area contributed by atoms with Crippen LogP contribution in [0.3, 0.4) is 0 Å². The third-order valence-electron chi connectivity index (χ3n) is 1.82. The highest BCUT2D eigenvalue weighted by Gasteiger charge is 2.19. The molecule has 2 N–H and O–H groups in total. The minimum atomic E-state index is -1.04. The second-order valence-electron chi connectivity index (χ2n) is 2.96. The van der Waals surface area contributed by atoms with E-state index in [-0.39, 0.29) is 18.7 Å². The van der Waals surface area contributed by atoms with E-state index >= 15 is 0 Å². The number of nitro groups is 1. The van der Waals surface area contributed by atoms with Gasteiger partial charge in [-0.1, -0.05) is 6.07 Å². The predicted octanol–water partition coefficient (Wildman–Crippen LogP) is 1.62. The lowest BCUT2D eigenvalue weighted by molar-refractivity contribution is -0.386. The number of carboxylic acids is 1. The Morgan fingerprint density at radius 1 is 1.56 bits per heavy atom. The SMILES string of the molecule is O=C(O)CCNc1cccc(F)c1[N+](=O)[O-]. The van der Waals surface area contributed by atoms with E-state index in [4.69, 9.17) is 5.11 Å². The van der Waals surface area contributed by atoms with Gasteiger partial charge in [0, 0.05) is 6.54 Å². The predicted molar refractivity (Wildman–Crippen MR) is 53.8 cm³/mol. The lowest BCUT2D eigenvalue weighted by Crippen LogP contribution is -2.09. The molecule has 7 heteroatoms.